The zero-order valence-corrected chi connectivity index (χ0v) is 14.3. The third-order valence-electron chi connectivity index (χ3n) is 3.99. The highest BCUT2D eigenvalue weighted by Gasteiger charge is 2.22. The number of hydrogen-bond acceptors (Lipinski definition) is 2. The molecule has 1 N–H and O–H groups in total. The second-order valence-corrected chi connectivity index (χ2v) is 7.18. The van der Waals surface area contributed by atoms with Crippen LogP contribution in [0.5, 0.6) is 0 Å². The molecule has 0 aromatic heterocycles. The molecule has 112 valence electrons. The fourth-order valence-electron chi connectivity index (χ4n) is 3.10. The highest BCUT2D eigenvalue weighted by molar-refractivity contribution is 9.10. The molecule has 1 aliphatic carbocycles. The minimum absolute atomic E-state index is 0.751. The van der Waals surface area contributed by atoms with E-state index in [-0.39, 0.29) is 0 Å². The zero-order chi connectivity index (χ0) is 14.4. The van der Waals surface area contributed by atoms with Gasteiger partial charge >= 0.3 is 0 Å². The van der Waals surface area contributed by atoms with Gasteiger partial charge in [0.2, 0.25) is 0 Å². The molecule has 0 radical (unpaired) electrons. The van der Waals surface area contributed by atoms with Crippen LogP contribution in [-0.2, 0) is 0 Å². The molecule has 0 atom stereocenters. The first-order chi connectivity index (χ1) is 9.65. The highest BCUT2D eigenvalue weighted by Crippen LogP contribution is 2.24. The first kappa shape index (κ1) is 15.8. The number of anilines is 1. The zero-order valence-electron chi connectivity index (χ0n) is 12.7. The summed E-state index contributed by atoms with van der Waals surface area (Å²) >= 11 is 3.52. The van der Waals surface area contributed by atoms with Crippen LogP contribution in [0.25, 0.3) is 0 Å². The summed E-state index contributed by atoms with van der Waals surface area (Å²) in [6.45, 7) is 8.05. The minimum atomic E-state index is 0.751. The molecular formula is C17H27BrN2. The Bertz CT molecular complexity index is 400. The molecule has 1 aromatic carbocycles. The lowest BCUT2D eigenvalue weighted by Crippen LogP contribution is -2.39. The number of rotatable bonds is 7. The van der Waals surface area contributed by atoms with Crippen molar-refractivity contribution in [3.8, 4) is 0 Å². The Labute approximate surface area is 132 Å². The van der Waals surface area contributed by atoms with Crippen molar-refractivity contribution in [1.82, 2.24) is 4.90 Å². The van der Waals surface area contributed by atoms with E-state index in [4.69, 9.17) is 0 Å². The summed E-state index contributed by atoms with van der Waals surface area (Å²) in [5.41, 5.74) is 1.20. The van der Waals surface area contributed by atoms with Gasteiger partial charge in [-0.1, -0.05) is 48.7 Å². The standard InChI is InChI=1S/C17H27BrN2/c1-14(2)13-20(17-8-3-4-9-17)11-10-19-16-7-5-6-15(18)12-16/h5-7,12,14,17,19H,3-4,8-11,13H2,1-2H3. The Morgan fingerprint density at radius 3 is 2.70 bits per heavy atom. The van der Waals surface area contributed by atoms with E-state index >= 15 is 0 Å². The van der Waals surface area contributed by atoms with Crippen molar-refractivity contribution in [2.45, 2.75) is 45.6 Å². The summed E-state index contributed by atoms with van der Waals surface area (Å²) in [7, 11) is 0. The van der Waals surface area contributed by atoms with Gasteiger partial charge in [0.25, 0.3) is 0 Å². The predicted octanol–water partition coefficient (Wildman–Crippen LogP) is 4.76. The average Bonchev–Trinajstić information content (AvgIpc) is 2.91. The molecule has 0 unspecified atom stereocenters. The Balaban J connectivity index is 1.81. The largest absolute Gasteiger partial charge is 0.384 e. The predicted molar refractivity (Wildman–Crippen MR) is 91.3 cm³/mol. The molecule has 0 amide bonds. The maximum atomic E-state index is 3.54. The highest BCUT2D eigenvalue weighted by atomic mass is 79.9. The van der Waals surface area contributed by atoms with Gasteiger partial charge in [-0.05, 0) is 37.0 Å². The fourth-order valence-corrected chi connectivity index (χ4v) is 3.50. The molecule has 0 saturated heterocycles. The van der Waals surface area contributed by atoms with Crippen molar-refractivity contribution in [3.05, 3.63) is 28.7 Å². The van der Waals surface area contributed by atoms with Gasteiger partial charge in [0.15, 0.2) is 0 Å². The summed E-state index contributed by atoms with van der Waals surface area (Å²) in [5, 5.41) is 3.54. The van der Waals surface area contributed by atoms with Crippen molar-refractivity contribution >= 4 is 21.6 Å². The minimum Gasteiger partial charge on any atom is -0.384 e. The van der Waals surface area contributed by atoms with Crippen LogP contribution in [0.2, 0.25) is 0 Å². The van der Waals surface area contributed by atoms with Crippen LogP contribution in [0.3, 0.4) is 0 Å². The van der Waals surface area contributed by atoms with E-state index in [9.17, 15) is 0 Å². The van der Waals surface area contributed by atoms with E-state index in [1.165, 1.54) is 37.9 Å². The number of halogens is 1. The first-order valence-electron chi connectivity index (χ1n) is 7.88. The van der Waals surface area contributed by atoms with Crippen LogP contribution in [0, 0.1) is 5.92 Å². The van der Waals surface area contributed by atoms with Crippen molar-refractivity contribution in [3.63, 3.8) is 0 Å². The molecule has 0 spiro atoms. The molecule has 3 heteroatoms. The van der Waals surface area contributed by atoms with Gasteiger partial charge in [0.1, 0.15) is 0 Å². The molecule has 2 rings (SSSR count). The number of nitrogens with zero attached hydrogens (tertiary/aromatic N) is 1. The van der Waals surface area contributed by atoms with Crippen molar-refractivity contribution < 1.29 is 0 Å². The molecule has 1 aromatic rings. The van der Waals surface area contributed by atoms with Gasteiger partial charge in [0, 0.05) is 35.8 Å². The number of hydrogen-bond donors (Lipinski definition) is 1. The van der Waals surface area contributed by atoms with Gasteiger partial charge in [-0.3, -0.25) is 4.90 Å². The lowest BCUT2D eigenvalue weighted by molar-refractivity contribution is 0.184. The number of benzene rings is 1. The third-order valence-corrected chi connectivity index (χ3v) is 4.49. The topological polar surface area (TPSA) is 15.3 Å². The molecule has 1 aliphatic rings. The molecule has 1 fully saturated rings. The Hall–Kier alpha value is -0.540. The van der Waals surface area contributed by atoms with E-state index in [1.807, 2.05) is 0 Å². The van der Waals surface area contributed by atoms with Crippen molar-refractivity contribution in [2.75, 3.05) is 25.0 Å². The Kier molecular flexibility index (Phi) is 6.37. The van der Waals surface area contributed by atoms with Crippen LogP contribution in [0.15, 0.2) is 28.7 Å². The van der Waals surface area contributed by atoms with Gasteiger partial charge in [-0.15, -0.1) is 0 Å². The summed E-state index contributed by atoms with van der Waals surface area (Å²) in [4.78, 5) is 2.70. The maximum Gasteiger partial charge on any atom is 0.0351 e. The molecule has 0 heterocycles. The van der Waals surface area contributed by atoms with E-state index < -0.39 is 0 Å². The molecule has 2 nitrogen and oxygen atoms in total. The molecule has 1 saturated carbocycles. The number of nitrogens with one attached hydrogen (secondary N) is 1. The second-order valence-electron chi connectivity index (χ2n) is 6.26. The quantitative estimate of drug-likeness (QED) is 0.770. The summed E-state index contributed by atoms with van der Waals surface area (Å²) in [6.07, 6.45) is 5.61. The summed E-state index contributed by atoms with van der Waals surface area (Å²) < 4.78 is 1.14. The van der Waals surface area contributed by atoms with Crippen LogP contribution < -0.4 is 5.32 Å². The Morgan fingerprint density at radius 1 is 1.30 bits per heavy atom. The van der Waals surface area contributed by atoms with Crippen LogP contribution in [0.4, 0.5) is 5.69 Å². The smallest absolute Gasteiger partial charge is 0.0351 e. The SMILES string of the molecule is CC(C)CN(CCNc1cccc(Br)c1)C1CCCC1. The summed E-state index contributed by atoms with van der Waals surface area (Å²) in [5.74, 6) is 0.751. The van der Waals surface area contributed by atoms with E-state index in [0.717, 1.165) is 29.5 Å². The monoisotopic (exact) mass is 338 g/mol. The molecule has 0 bridgehead atoms. The lowest BCUT2D eigenvalue weighted by atomic mass is 10.1. The summed E-state index contributed by atoms with van der Waals surface area (Å²) in [6, 6.07) is 9.24. The normalized spacial score (nSPS) is 16.2. The van der Waals surface area contributed by atoms with Crippen molar-refractivity contribution in [1.29, 1.82) is 0 Å². The Morgan fingerprint density at radius 2 is 2.05 bits per heavy atom. The van der Waals surface area contributed by atoms with Crippen molar-refractivity contribution in [2.24, 2.45) is 5.92 Å². The van der Waals surface area contributed by atoms with Gasteiger partial charge < -0.3 is 5.32 Å². The fraction of sp³-hybridized carbons (Fsp3) is 0.647. The molecular weight excluding hydrogens is 312 g/mol. The van der Waals surface area contributed by atoms with E-state index in [1.54, 1.807) is 0 Å². The van der Waals surface area contributed by atoms with Gasteiger partial charge in [0.05, 0.1) is 0 Å². The van der Waals surface area contributed by atoms with Gasteiger partial charge in [-0.25, -0.2) is 0 Å². The first-order valence-corrected chi connectivity index (χ1v) is 8.68. The van der Waals surface area contributed by atoms with Crippen LogP contribution in [-0.4, -0.2) is 30.6 Å². The van der Waals surface area contributed by atoms with E-state index in [0.29, 0.717) is 0 Å². The maximum absolute atomic E-state index is 3.54. The molecule has 20 heavy (non-hydrogen) atoms. The second kappa shape index (κ2) is 8.04. The van der Waals surface area contributed by atoms with Crippen LogP contribution >= 0.6 is 15.9 Å². The van der Waals surface area contributed by atoms with Crippen LogP contribution in [0.1, 0.15) is 39.5 Å². The third kappa shape index (κ3) is 5.10. The van der Waals surface area contributed by atoms with E-state index in [2.05, 4.69) is 64.3 Å². The average molecular weight is 339 g/mol. The lowest BCUT2D eigenvalue weighted by Gasteiger charge is -2.30. The molecule has 0 aliphatic heterocycles. The van der Waals surface area contributed by atoms with Gasteiger partial charge in [-0.2, -0.15) is 0 Å².